The summed E-state index contributed by atoms with van der Waals surface area (Å²) in [7, 11) is 0. The van der Waals surface area contributed by atoms with Gasteiger partial charge in [0, 0.05) is 11.4 Å². The van der Waals surface area contributed by atoms with Crippen LogP contribution in [0.3, 0.4) is 0 Å². The van der Waals surface area contributed by atoms with Crippen LogP contribution in [0, 0.1) is 13.8 Å². The molecule has 156 valence electrons. The van der Waals surface area contributed by atoms with Crippen molar-refractivity contribution in [1.29, 1.82) is 0 Å². The van der Waals surface area contributed by atoms with E-state index in [1.54, 1.807) is 0 Å². The van der Waals surface area contributed by atoms with Gasteiger partial charge in [-0.1, -0.05) is 0 Å². The van der Waals surface area contributed by atoms with Gasteiger partial charge in [0.05, 0.1) is 0 Å². The molecule has 0 unspecified atom stereocenters. The number of benzene rings is 4. The average Bonchev–Trinajstić information content (AvgIpc) is 2.75. The molecule has 5 nitrogen and oxygen atoms in total. The van der Waals surface area contributed by atoms with Gasteiger partial charge in [-0.25, -0.2) is 0 Å². The van der Waals surface area contributed by atoms with E-state index in [0.29, 0.717) is 22.9 Å². The SMILES string of the molecule is Cc1cc(N)ccc1Oc1ccc(Oc2ccc(Oc3ccc(N)cc3C)cc2)cc1. The summed E-state index contributed by atoms with van der Waals surface area (Å²) >= 11 is 0. The van der Waals surface area contributed by atoms with Crippen LogP contribution in [-0.2, 0) is 0 Å². The molecule has 0 atom stereocenters. The summed E-state index contributed by atoms with van der Waals surface area (Å²) < 4.78 is 17.8. The van der Waals surface area contributed by atoms with Gasteiger partial charge in [-0.3, -0.25) is 0 Å². The van der Waals surface area contributed by atoms with Crippen LogP contribution in [0.4, 0.5) is 11.4 Å². The molecular weight excluding hydrogens is 388 g/mol. The van der Waals surface area contributed by atoms with Crippen molar-refractivity contribution < 1.29 is 14.2 Å². The summed E-state index contributed by atoms with van der Waals surface area (Å²) in [5.41, 5.74) is 15.0. The molecule has 0 amide bonds. The standard InChI is InChI=1S/C26H24N2O3/c1-17-15-19(27)3-13-25(17)30-23-9-5-21(6-10-23)29-22-7-11-24(12-8-22)31-26-14-4-20(28)16-18(26)2/h3-16H,27-28H2,1-2H3. The Hall–Kier alpha value is -4.12. The van der Waals surface area contributed by atoms with Crippen molar-refractivity contribution in [2.75, 3.05) is 11.5 Å². The van der Waals surface area contributed by atoms with Crippen molar-refractivity contribution in [3.05, 3.63) is 96.1 Å². The van der Waals surface area contributed by atoms with Crippen molar-refractivity contribution in [3.63, 3.8) is 0 Å². The Balaban J connectivity index is 1.39. The van der Waals surface area contributed by atoms with E-state index in [-0.39, 0.29) is 0 Å². The molecule has 0 spiro atoms. The third-order valence-electron chi connectivity index (χ3n) is 4.74. The lowest BCUT2D eigenvalue weighted by atomic mass is 10.2. The molecule has 0 fully saturated rings. The number of aryl methyl sites for hydroxylation is 2. The minimum absolute atomic E-state index is 0.712. The van der Waals surface area contributed by atoms with Gasteiger partial charge in [0.25, 0.3) is 0 Å². The number of ether oxygens (including phenoxy) is 3. The Morgan fingerprint density at radius 1 is 0.452 bits per heavy atom. The molecule has 31 heavy (non-hydrogen) atoms. The molecule has 4 aromatic carbocycles. The lowest BCUT2D eigenvalue weighted by Crippen LogP contribution is -1.91. The number of nitrogens with two attached hydrogens (primary N) is 2. The van der Waals surface area contributed by atoms with Gasteiger partial charge in [0.15, 0.2) is 0 Å². The third-order valence-corrected chi connectivity index (χ3v) is 4.74. The largest absolute Gasteiger partial charge is 0.457 e. The summed E-state index contributed by atoms with van der Waals surface area (Å²) in [6.45, 7) is 3.93. The third kappa shape index (κ3) is 5.08. The first-order chi connectivity index (χ1) is 15.0. The molecule has 0 heterocycles. The highest BCUT2D eigenvalue weighted by Gasteiger charge is 2.05. The van der Waals surface area contributed by atoms with Gasteiger partial charge >= 0.3 is 0 Å². The van der Waals surface area contributed by atoms with Crippen LogP contribution in [0.15, 0.2) is 84.9 Å². The fourth-order valence-corrected chi connectivity index (χ4v) is 3.12. The van der Waals surface area contributed by atoms with Crippen molar-refractivity contribution in [3.8, 4) is 34.5 Å². The second-order valence-corrected chi connectivity index (χ2v) is 7.30. The van der Waals surface area contributed by atoms with Gasteiger partial charge in [-0.15, -0.1) is 0 Å². The van der Waals surface area contributed by atoms with E-state index in [9.17, 15) is 0 Å². The molecule has 4 N–H and O–H groups in total. The number of hydrogen-bond donors (Lipinski definition) is 2. The Morgan fingerprint density at radius 2 is 0.774 bits per heavy atom. The van der Waals surface area contributed by atoms with Crippen molar-refractivity contribution >= 4 is 11.4 Å². The quantitative estimate of drug-likeness (QED) is 0.339. The van der Waals surface area contributed by atoms with Gasteiger partial charge in [0.2, 0.25) is 0 Å². The van der Waals surface area contributed by atoms with Crippen LogP contribution in [0.25, 0.3) is 0 Å². The van der Waals surface area contributed by atoms with E-state index in [4.69, 9.17) is 25.7 Å². The van der Waals surface area contributed by atoms with E-state index >= 15 is 0 Å². The maximum atomic E-state index is 5.92. The second-order valence-electron chi connectivity index (χ2n) is 7.30. The Kier molecular flexibility index (Phi) is 5.67. The molecule has 0 saturated carbocycles. The smallest absolute Gasteiger partial charge is 0.130 e. The normalized spacial score (nSPS) is 10.5. The van der Waals surface area contributed by atoms with Gasteiger partial charge in [0.1, 0.15) is 34.5 Å². The monoisotopic (exact) mass is 412 g/mol. The molecule has 4 aromatic rings. The van der Waals surface area contributed by atoms with Crippen LogP contribution >= 0.6 is 0 Å². The lowest BCUT2D eigenvalue weighted by molar-refractivity contribution is 0.462. The fraction of sp³-hybridized carbons (Fsp3) is 0.0769. The van der Waals surface area contributed by atoms with Gasteiger partial charge < -0.3 is 25.7 Å². The minimum Gasteiger partial charge on any atom is -0.457 e. The van der Waals surface area contributed by atoms with Crippen molar-refractivity contribution in [1.82, 2.24) is 0 Å². The molecule has 0 bridgehead atoms. The zero-order chi connectivity index (χ0) is 21.8. The molecule has 0 aliphatic rings. The van der Waals surface area contributed by atoms with Crippen molar-refractivity contribution in [2.45, 2.75) is 13.8 Å². The van der Waals surface area contributed by atoms with Crippen LogP contribution in [0.5, 0.6) is 34.5 Å². The van der Waals surface area contributed by atoms with E-state index in [0.717, 1.165) is 34.1 Å². The number of hydrogen-bond acceptors (Lipinski definition) is 5. The van der Waals surface area contributed by atoms with Crippen LogP contribution in [0.1, 0.15) is 11.1 Å². The van der Waals surface area contributed by atoms with Gasteiger partial charge in [-0.2, -0.15) is 0 Å². The topological polar surface area (TPSA) is 79.7 Å². The Bertz CT molecular complexity index is 1090. The van der Waals surface area contributed by atoms with E-state index in [1.807, 2.05) is 98.8 Å². The van der Waals surface area contributed by atoms with Crippen LogP contribution in [0.2, 0.25) is 0 Å². The van der Waals surface area contributed by atoms with E-state index in [1.165, 1.54) is 0 Å². The summed E-state index contributed by atoms with van der Waals surface area (Å²) in [5, 5.41) is 0. The molecule has 0 radical (unpaired) electrons. The summed E-state index contributed by atoms with van der Waals surface area (Å²) in [4.78, 5) is 0. The minimum atomic E-state index is 0.712. The Morgan fingerprint density at radius 3 is 1.10 bits per heavy atom. The molecular formula is C26H24N2O3. The van der Waals surface area contributed by atoms with Crippen LogP contribution < -0.4 is 25.7 Å². The summed E-state index contributed by atoms with van der Waals surface area (Å²) in [6.07, 6.45) is 0. The van der Waals surface area contributed by atoms with E-state index in [2.05, 4.69) is 0 Å². The second kappa shape index (κ2) is 8.71. The predicted octanol–water partition coefficient (Wildman–Crippen LogP) is 6.84. The summed E-state index contributed by atoms with van der Waals surface area (Å²) in [5.74, 6) is 4.42. The maximum Gasteiger partial charge on any atom is 0.130 e. The highest BCUT2D eigenvalue weighted by atomic mass is 16.5. The zero-order valence-corrected chi connectivity index (χ0v) is 17.5. The highest BCUT2D eigenvalue weighted by molar-refractivity contribution is 5.50. The zero-order valence-electron chi connectivity index (χ0n) is 17.5. The molecule has 0 saturated heterocycles. The molecule has 0 aromatic heterocycles. The molecule has 0 aliphatic carbocycles. The Labute approximate surface area is 181 Å². The average molecular weight is 412 g/mol. The molecule has 4 rings (SSSR count). The highest BCUT2D eigenvalue weighted by Crippen LogP contribution is 2.31. The first-order valence-electron chi connectivity index (χ1n) is 9.92. The van der Waals surface area contributed by atoms with Crippen LogP contribution in [-0.4, -0.2) is 0 Å². The number of anilines is 2. The van der Waals surface area contributed by atoms with Gasteiger partial charge in [-0.05, 0) is 110 Å². The first kappa shape index (κ1) is 20.2. The molecule has 5 heteroatoms. The molecule has 0 aliphatic heterocycles. The van der Waals surface area contributed by atoms with Crippen molar-refractivity contribution in [2.24, 2.45) is 0 Å². The summed E-state index contributed by atoms with van der Waals surface area (Å²) in [6, 6.07) is 26.1. The van der Waals surface area contributed by atoms with E-state index < -0.39 is 0 Å². The number of rotatable bonds is 6. The first-order valence-corrected chi connectivity index (χ1v) is 9.92. The number of nitrogen functional groups attached to an aromatic ring is 2. The fourth-order valence-electron chi connectivity index (χ4n) is 3.12. The lowest BCUT2D eigenvalue weighted by Gasteiger charge is -2.11. The maximum absolute atomic E-state index is 5.92. The predicted molar refractivity (Wildman–Crippen MR) is 124 cm³/mol.